The van der Waals surface area contributed by atoms with Crippen LogP contribution in [0.25, 0.3) is 0 Å². The third-order valence-electron chi connectivity index (χ3n) is 5.15. The minimum Gasteiger partial charge on any atom is -0.436 e. The van der Waals surface area contributed by atoms with Gasteiger partial charge in [0, 0.05) is 36.6 Å². The van der Waals surface area contributed by atoms with Crippen molar-refractivity contribution in [2.45, 2.75) is 19.3 Å². The molecule has 12 heteroatoms. The molecule has 1 saturated heterocycles. The molecule has 4 amide bonds. The number of halogens is 2. The summed E-state index contributed by atoms with van der Waals surface area (Å²) in [5.74, 6) is -2.48. The molecule has 36 heavy (non-hydrogen) atoms. The highest BCUT2D eigenvalue weighted by Gasteiger charge is 2.19. The smallest absolute Gasteiger partial charge is 0.323 e. The van der Waals surface area contributed by atoms with Crippen LogP contribution in [0.15, 0.2) is 54.9 Å². The van der Waals surface area contributed by atoms with Gasteiger partial charge in [0.25, 0.3) is 0 Å². The van der Waals surface area contributed by atoms with E-state index in [1.165, 1.54) is 48.8 Å². The number of urea groups is 1. The highest BCUT2D eigenvalue weighted by Crippen LogP contribution is 2.26. The maximum Gasteiger partial charge on any atom is 0.323 e. The number of anilines is 3. The second kappa shape index (κ2) is 11.2. The summed E-state index contributed by atoms with van der Waals surface area (Å²) in [6.07, 6.45) is 2.55. The Morgan fingerprint density at radius 2 is 1.53 bits per heavy atom. The topological polar surface area (TPSA) is 126 Å². The Bertz CT molecular complexity index is 1270. The number of nitrogens with zero attached hydrogens (tertiary/aromatic N) is 3. The largest absolute Gasteiger partial charge is 0.436 e. The Labute approximate surface area is 204 Å². The minimum absolute atomic E-state index is 0.00914. The molecule has 0 aliphatic carbocycles. The Hall–Kier alpha value is -4.61. The average molecular weight is 496 g/mol. The average Bonchev–Trinajstić information content (AvgIpc) is 3.38. The van der Waals surface area contributed by atoms with Gasteiger partial charge in [0.05, 0.1) is 0 Å². The third kappa shape index (κ3) is 6.72. The fourth-order valence-corrected chi connectivity index (χ4v) is 3.44. The molecular weight excluding hydrogens is 474 g/mol. The van der Waals surface area contributed by atoms with Crippen LogP contribution in [0.4, 0.5) is 30.8 Å². The van der Waals surface area contributed by atoms with Crippen LogP contribution < -0.4 is 20.7 Å². The lowest BCUT2D eigenvalue weighted by atomic mass is 10.2. The summed E-state index contributed by atoms with van der Waals surface area (Å²) in [7, 11) is 0. The molecule has 2 heterocycles. The molecule has 0 saturated carbocycles. The minimum atomic E-state index is -0.787. The molecule has 3 aromatic rings. The van der Waals surface area contributed by atoms with Crippen LogP contribution in [-0.4, -0.2) is 45.8 Å². The first kappa shape index (κ1) is 24.5. The van der Waals surface area contributed by atoms with E-state index >= 15 is 0 Å². The number of benzene rings is 2. The van der Waals surface area contributed by atoms with Gasteiger partial charge in [0.15, 0.2) is 11.6 Å². The fraction of sp³-hybridized carbons (Fsp3) is 0.208. The van der Waals surface area contributed by atoms with E-state index in [0.717, 1.165) is 18.9 Å². The number of hydrogen-bond acceptors (Lipinski definition) is 6. The maximum absolute atomic E-state index is 14.6. The van der Waals surface area contributed by atoms with E-state index in [-0.39, 0.29) is 29.2 Å². The highest BCUT2D eigenvalue weighted by molar-refractivity contribution is 6.08. The molecule has 1 aliphatic heterocycles. The summed E-state index contributed by atoms with van der Waals surface area (Å²) >= 11 is 0. The van der Waals surface area contributed by atoms with E-state index in [4.69, 9.17) is 4.74 Å². The summed E-state index contributed by atoms with van der Waals surface area (Å²) in [6.45, 7) is 1.35. The van der Waals surface area contributed by atoms with Gasteiger partial charge in [-0.05, 0) is 49.2 Å². The van der Waals surface area contributed by atoms with Gasteiger partial charge in [0.1, 0.15) is 24.4 Å². The van der Waals surface area contributed by atoms with Crippen LogP contribution in [0, 0.1) is 11.6 Å². The van der Waals surface area contributed by atoms with Gasteiger partial charge >= 0.3 is 6.03 Å². The lowest BCUT2D eigenvalue weighted by molar-refractivity contribution is -0.123. The second-order valence-corrected chi connectivity index (χ2v) is 7.89. The molecule has 0 spiro atoms. The Balaban J connectivity index is 1.31. The van der Waals surface area contributed by atoms with Crippen molar-refractivity contribution in [1.29, 1.82) is 0 Å². The monoisotopic (exact) mass is 496 g/mol. The summed E-state index contributed by atoms with van der Waals surface area (Å²) in [4.78, 5) is 45.9. The van der Waals surface area contributed by atoms with Crippen LogP contribution in [-0.2, 0) is 9.59 Å². The van der Waals surface area contributed by atoms with Crippen molar-refractivity contribution in [3.05, 3.63) is 66.5 Å². The van der Waals surface area contributed by atoms with Gasteiger partial charge in [-0.3, -0.25) is 14.9 Å². The molecule has 10 nitrogen and oxygen atoms in total. The lowest BCUT2D eigenvalue weighted by Crippen LogP contribution is -2.32. The van der Waals surface area contributed by atoms with Crippen LogP contribution in [0.5, 0.6) is 11.6 Å². The Kier molecular flexibility index (Phi) is 7.63. The van der Waals surface area contributed by atoms with Gasteiger partial charge in [-0.1, -0.05) is 0 Å². The van der Waals surface area contributed by atoms with E-state index < -0.39 is 29.9 Å². The molecule has 186 valence electrons. The third-order valence-corrected chi connectivity index (χ3v) is 5.15. The molecule has 0 bridgehead atoms. The number of ether oxygens (including phenoxy) is 1. The van der Waals surface area contributed by atoms with E-state index in [1.54, 1.807) is 4.90 Å². The summed E-state index contributed by atoms with van der Waals surface area (Å²) < 4.78 is 33.0. The van der Waals surface area contributed by atoms with E-state index in [9.17, 15) is 23.2 Å². The SMILES string of the molecule is O=C(CC(=O)Nc1ccc(Oc2cc(NC(=O)N3CCCC3)ncn2)c(F)c1)Nc1ccc(F)cc1. The van der Waals surface area contributed by atoms with Gasteiger partial charge in [0.2, 0.25) is 17.7 Å². The van der Waals surface area contributed by atoms with Gasteiger partial charge < -0.3 is 20.3 Å². The van der Waals surface area contributed by atoms with Crippen LogP contribution in [0.2, 0.25) is 0 Å². The maximum atomic E-state index is 14.6. The lowest BCUT2D eigenvalue weighted by Gasteiger charge is -2.15. The molecule has 3 N–H and O–H groups in total. The van der Waals surface area contributed by atoms with E-state index in [0.29, 0.717) is 18.8 Å². The molecule has 0 unspecified atom stereocenters. The molecule has 2 aromatic carbocycles. The number of hydrogen-bond donors (Lipinski definition) is 3. The fourth-order valence-electron chi connectivity index (χ4n) is 3.44. The predicted molar refractivity (Wildman–Crippen MR) is 127 cm³/mol. The molecule has 1 aromatic heterocycles. The zero-order valence-corrected chi connectivity index (χ0v) is 19.0. The number of aromatic nitrogens is 2. The molecule has 4 rings (SSSR count). The molecule has 0 radical (unpaired) electrons. The number of rotatable bonds is 7. The highest BCUT2D eigenvalue weighted by atomic mass is 19.1. The molecule has 1 aliphatic rings. The summed E-state index contributed by atoms with van der Waals surface area (Å²) in [5, 5.41) is 7.54. The number of carbonyl (C=O) groups is 3. The van der Waals surface area contributed by atoms with Crippen molar-refractivity contribution in [1.82, 2.24) is 14.9 Å². The second-order valence-electron chi connectivity index (χ2n) is 7.89. The standard InChI is InChI=1S/C24H22F2N6O4/c25-15-3-5-16(6-4-15)29-21(33)13-22(34)30-17-7-8-19(18(26)11-17)36-23-12-20(27-14-28-23)31-24(35)32-9-1-2-10-32/h3-8,11-12,14H,1-2,9-10,13H2,(H,29,33)(H,30,34)(H,27,28,31,35). The van der Waals surface area contributed by atoms with Crippen LogP contribution in [0.1, 0.15) is 19.3 Å². The van der Waals surface area contributed by atoms with Crippen molar-refractivity contribution in [3.8, 4) is 11.6 Å². The number of likely N-dealkylation sites (tertiary alicyclic amines) is 1. The van der Waals surface area contributed by atoms with Gasteiger partial charge in [-0.25, -0.2) is 23.5 Å². The predicted octanol–water partition coefficient (Wildman–Crippen LogP) is 4.14. The molecular formula is C24H22F2N6O4. The van der Waals surface area contributed by atoms with E-state index in [1.807, 2.05) is 0 Å². The van der Waals surface area contributed by atoms with Crippen molar-refractivity contribution in [2.24, 2.45) is 0 Å². The first-order chi connectivity index (χ1) is 17.4. The Morgan fingerprint density at radius 1 is 0.861 bits per heavy atom. The quantitative estimate of drug-likeness (QED) is 0.422. The number of carbonyl (C=O) groups excluding carboxylic acids is 3. The van der Waals surface area contributed by atoms with Gasteiger partial charge in [-0.2, -0.15) is 0 Å². The molecule has 0 atom stereocenters. The zero-order chi connectivity index (χ0) is 25.5. The van der Waals surface area contributed by atoms with Crippen molar-refractivity contribution in [2.75, 3.05) is 29.0 Å². The van der Waals surface area contributed by atoms with Gasteiger partial charge in [-0.15, -0.1) is 0 Å². The Morgan fingerprint density at radius 3 is 2.22 bits per heavy atom. The number of amides is 4. The van der Waals surface area contributed by atoms with Crippen LogP contribution >= 0.6 is 0 Å². The van der Waals surface area contributed by atoms with Crippen molar-refractivity contribution in [3.63, 3.8) is 0 Å². The first-order valence-corrected chi connectivity index (χ1v) is 11.1. The first-order valence-electron chi connectivity index (χ1n) is 11.1. The van der Waals surface area contributed by atoms with Crippen molar-refractivity contribution < 1.29 is 27.9 Å². The summed E-state index contributed by atoms with van der Waals surface area (Å²) in [6, 6.07) is 9.87. The van der Waals surface area contributed by atoms with Crippen LogP contribution in [0.3, 0.4) is 0 Å². The normalized spacial score (nSPS) is 12.7. The van der Waals surface area contributed by atoms with E-state index in [2.05, 4.69) is 25.9 Å². The summed E-state index contributed by atoms with van der Waals surface area (Å²) in [5.41, 5.74) is 0.450. The number of nitrogens with one attached hydrogen (secondary N) is 3. The molecule has 1 fully saturated rings. The van der Waals surface area contributed by atoms with Crippen molar-refractivity contribution >= 4 is 35.0 Å². The zero-order valence-electron chi connectivity index (χ0n) is 19.0.